The average molecular weight is 351 g/mol. The van der Waals surface area contributed by atoms with Crippen molar-refractivity contribution in [2.75, 3.05) is 26.3 Å². The van der Waals surface area contributed by atoms with E-state index in [1.807, 2.05) is 6.92 Å². The third-order valence-electron chi connectivity index (χ3n) is 4.92. The van der Waals surface area contributed by atoms with Gasteiger partial charge in [-0.15, -0.1) is 0 Å². The van der Waals surface area contributed by atoms with Gasteiger partial charge in [0.05, 0.1) is 12.2 Å². The zero-order chi connectivity index (χ0) is 18.1. The van der Waals surface area contributed by atoms with Crippen molar-refractivity contribution in [1.82, 2.24) is 15.8 Å². The molecule has 2 rings (SSSR count). The molecule has 0 saturated heterocycles. The number of rotatable bonds is 11. The van der Waals surface area contributed by atoms with E-state index < -0.39 is 0 Å². The molecule has 0 amide bonds. The summed E-state index contributed by atoms with van der Waals surface area (Å²) in [6.45, 7) is 12.4. The van der Waals surface area contributed by atoms with Crippen molar-refractivity contribution < 1.29 is 9.26 Å². The molecule has 6 heteroatoms. The lowest BCUT2D eigenvalue weighted by Gasteiger charge is -2.18. The fourth-order valence-electron chi connectivity index (χ4n) is 3.01. The Morgan fingerprint density at radius 2 is 2.00 bits per heavy atom. The fraction of sp³-hybridized carbons (Fsp3) is 0.789. The Hall–Kier alpha value is -1.56. The lowest BCUT2D eigenvalue weighted by atomic mass is 10.0. The number of hydrogen-bond acceptors (Lipinski definition) is 4. The standard InChI is InChI=1S/C19H34N4O2/c1-5-16-15(17(6-2)25-23-16)13-21-18(20-7-3)22-14-19(9-10-19)11-12-24-8-4/h5-14H2,1-4H3,(H2,20,21,22). The van der Waals surface area contributed by atoms with Gasteiger partial charge in [0.25, 0.3) is 0 Å². The minimum atomic E-state index is 0.395. The molecular formula is C19H34N4O2. The molecule has 0 atom stereocenters. The van der Waals surface area contributed by atoms with E-state index >= 15 is 0 Å². The quantitative estimate of drug-likeness (QED) is 0.365. The largest absolute Gasteiger partial charge is 0.382 e. The van der Waals surface area contributed by atoms with Crippen LogP contribution in [0.3, 0.4) is 0 Å². The molecule has 0 aliphatic heterocycles. The predicted molar refractivity (Wildman–Crippen MR) is 101 cm³/mol. The summed E-state index contributed by atoms with van der Waals surface area (Å²) in [4.78, 5) is 4.76. The highest BCUT2D eigenvalue weighted by Crippen LogP contribution is 2.48. The number of hydrogen-bond donors (Lipinski definition) is 2. The molecule has 6 nitrogen and oxygen atoms in total. The summed E-state index contributed by atoms with van der Waals surface area (Å²) in [6.07, 6.45) is 5.40. The second-order valence-corrected chi connectivity index (χ2v) is 6.73. The molecule has 142 valence electrons. The van der Waals surface area contributed by atoms with Crippen LogP contribution in [0.25, 0.3) is 0 Å². The Bertz CT molecular complexity index is 528. The zero-order valence-electron chi connectivity index (χ0n) is 16.3. The van der Waals surface area contributed by atoms with Gasteiger partial charge in [0.15, 0.2) is 5.96 Å². The maximum atomic E-state index is 5.52. The monoisotopic (exact) mass is 350 g/mol. The molecule has 1 aliphatic rings. The Balaban J connectivity index is 1.94. The van der Waals surface area contributed by atoms with Crippen molar-refractivity contribution in [2.45, 2.75) is 66.3 Å². The number of nitrogens with zero attached hydrogens (tertiary/aromatic N) is 2. The third kappa shape index (κ3) is 5.73. The molecule has 1 heterocycles. The summed E-state index contributed by atoms with van der Waals surface area (Å²) in [6, 6.07) is 0. The van der Waals surface area contributed by atoms with Gasteiger partial charge >= 0.3 is 0 Å². The van der Waals surface area contributed by atoms with E-state index in [1.54, 1.807) is 0 Å². The van der Waals surface area contributed by atoms with E-state index in [2.05, 4.69) is 36.6 Å². The third-order valence-corrected chi connectivity index (χ3v) is 4.92. The van der Waals surface area contributed by atoms with Crippen LogP contribution < -0.4 is 10.6 Å². The lowest BCUT2D eigenvalue weighted by Crippen LogP contribution is -2.40. The summed E-state index contributed by atoms with van der Waals surface area (Å²) in [5, 5.41) is 11.0. The molecule has 0 spiro atoms. The van der Waals surface area contributed by atoms with Crippen molar-refractivity contribution in [3.05, 3.63) is 17.0 Å². The van der Waals surface area contributed by atoms with Crippen molar-refractivity contribution in [3.63, 3.8) is 0 Å². The smallest absolute Gasteiger partial charge is 0.191 e. The SMILES string of the molecule is CCNC(=NCc1c(CC)noc1CC)NCC1(CCOCC)CC1. The highest BCUT2D eigenvalue weighted by Gasteiger charge is 2.41. The van der Waals surface area contributed by atoms with E-state index in [0.717, 1.165) is 68.5 Å². The van der Waals surface area contributed by atoms with Gasteiger partial charge in [-0.2, -0.15) is 0 Å². The second-order valence-electron chi connectivity index (χ2n) is 6.73. The van der Waals surface area contributed by atoms with Gasteiger partial charge < -0.3 is 19.9 Å². The summed E-state index contributed by atoms with van der Waals surface area (Å²) in [5.74, 6) is 1.82. The van der Waals surface area contributed by atoms with Crippen LogP contribution >= 0.6 is 0 Å². The summed E-state index contributed by atoms with van der Waals surface area (Å²) < 4.78 is 11.0. The van der Waals surface area contributed by atoms with Gasteiger partial charge in [-0.1, -0.05) is 19.0 Å². The van der Waals surface area contributed by atoms with Crippen LogP contribution in [0.2, 0.25) is 0 Å². The van der Waals surface area contributed by atoms with Gasteiger partial charge in [0, 0.05) is 38.3 Å². The Morgan fingerprint density at radius 3 is 2.60 bits per heavy atom. The van der Waals surface area contributed by atoms with Crippen LogP contribution in [0.1, 0.15) is 64.0 Å². The Kier molecular flexibility index (Phi) is 7.75. The number of nitrogens with one attached hydrogen (secondary N) is 2. The van der Waals surface area contributed by atoms with Crippen LogP contribution in [0.4, 0.5) is 0 Å². The number of aliphatic imine (C=N–C) groups is 1. The van der Waals surface area contributed by atoms with Gasteiger partial charge in [-0.05, 0) is 44.9 Å². The summed E-state index contributed by atoms with van der Waals surface area (Å²) >= 11 is 0. The van der Waals surface area contributed by atoms with Crippen LogP contribution in [0, 0.1) is 5.41 Å². The lowest BCUT2D eigenvalue weighted by molar-refractivity contribution is 0.128. The minimum Gasteiger partial charge on any atom is -0.382 e. The topological polar surface area (TPSA) is 71.7 Å². The molecule has 0 unspecified atom stereocenters. The van der Waals surface area contributed by atoms with E-state index in [1.165, 1.54) is 12.8 Å². The molecular weight excluding hydrogens is 316 g/mol. The predicted octanol–water partition coefficient (Wildman–Crippen LogP) is 3.06. The zero-order valence-corrected chi connectivity index (χ0v) is 16.3. The van der Waals surface area contributed by atoms with Crippen molar-refractivity contribution in [3.8, 4) is 0 Å². The number of aromatic nitrogens is 1. The highest BCUT2D eigenvalue weighted by molar-refractivity contribution is 5.79. The molecule has 1 aliphatic carbocycles. The normalized spacial score (nSPS) is 16.1. The van der Waals surface area contributed by atoms with E-state index in [9.17, 15) is 0 Å². The minimum absolute atomic E-state index is 0.395. The molecule has 1 saturated carbocycles. The number of aryl methyl sites for hydroxylation is 2. The van der Waals surface area contributed by atoms with E-state index in [4.69, 9.17) is 14.3 Å². The second kappa shape index (κ2) is 9.80. The molecule has 1 fully saturated rings. The van der Waals surface area contributed by atoms with Gasteiger partial charge in [-0.3, -0.25) is 0 Å². The summed E-state index contributed by atoms with van der Waals surface area (Å²) in [5.41, 5.74) is 2.55. The van der Waals surface area contributed by atoms with Crippen LogP contribution in [-0.4, -0.2) is 37.4 Å². The molecule has 0 radical (unpaired) electrons. The Labute approximate surface area is 151 Å². The van der Waals surface area contributed by atoms with E-state index in [0.29, 0.717) is 12.0 Å². The summed E-state index contributed by atoms with van der Waals surface area (Å²) in [7, 11) is 0. The van der Waals surface area contributed by atoms with Crippen LogP contribution in [-0.2, 0) is 24.1 Å². The highest BCUT2D eigenvalue weighted by atomic mass is 16.5. The molecule has 1 aromatic rings. The first-order valence-electron chi connectivity index (χ1n) is 9.74. The maximum absolute atomic E-state index is 5.52. The first-order chi connectivity index (χ1) is 12.2. The molecule has 0 bridgehead atoms. The first-order valence-corrected chi connectivity index (χ1v) is 9.74. The van der Waals surface area contributed by atoms with Gasteiger partial charge in [0.2, 0.25) is 0 Å². The molecule has 0 aromatic carbocycles. The number of guanidine groups is 1. The van der Waals surface area contributed by atoms with Gasteiger partial charge in [-0.25, -0.2) is 4.99 Å². The molecule has 2 N–H and O–H groups in total. The van der Waals surface area contributed by atoms with Crippen LogP contribution in [0.5, 0.6) is 0 Å². The van der Waals surface area contributed by atoms with Crippen LogP contribution in [0.15, 0.2) is 9.52 Å². The Morgan fingerprint density at radius 1 is 1.20 bits per heavy atom. The average Bonchev–Trinajstić information content (AvgIpc) is 3.28. The van der Waals surface area contributed by atoms with Gasteiger partial charge in [0.1, 0.15) is 5.76 Å². The first kappa shape index (κ1) is 19.8. The van der Waals surface area contributed by atoms with E-state index in [-0.39, 0.29) is 0 Å². The van der Waals surface area contributed by atoms with Crippen molar-refractivity contribution in [2.24, 2.45) is 10.4 Å². The fourth-order valence-corrected chi connectivity index (χ4v) is 3.01. The van der Waals surface area contributed by atoms with Crippen molar-refractivity contribution >= 4 is 5.96 Å². The number of ether oxygens (including phenoxy) is 1. The molecule has 1 aromatic heterocycles. The molecule has 25 heavy (non-hydrogen) atoms. The van der Waals surface area contributed by atoms with Crippen molar-refractivity contribution in [1.29, 1.82) is 0 Å². The maximum Gasteiger partial charge on any atom is 0.191 e.